The second-order valence-corrected chi connectivity index (χ2v) is 24.0. The van der Waals surface area contributed by atoms with Gasteiger partial charge in [-0.3, -0.25) is 13.8 Å². The minimum Gasteiger partial charge on any atom is -0.726 e. The van der Waals surface area contributed by atoms with E-state index in [9.17, 15) is 63.4 Å². The van der Waals surface area contributed by atoms with Crippen LogP contribution >= 0.6 is 0 Å². The summed E-state index contributed by atoms with van der Waals surface area (Å²) in [4.78, 5) is 26.3. The number of unbranched alkanes of at least 4 members (excludes halogenated alkanes) is 28. The van der Waals surface area contributed by atoms with Crippen LogP contribution in [0.15, 0.2) is 0 Å². The normalized spacial score (nSPS) is 29.5. The molecule has 0 aromatic rings. The van der Waals surface area contributed by atoms with E-state index in [1.165, 1.54) is 135 Å². The molecule has 0 unspecified atom stereocenters. The van der Waals surface area contributed by atoms with E-state index in [0.29, 0.717) is 19.3 Å². The fourth-order valence-corrected chi connectivity index (χ4v) is 11.5. The summed E-state index contributed by atoms with van der Waals surface area (Å²) >= 11 is 0. The molecule has 478 valence electrons. The van der Waals surface area contributed by atoms with Gasteiger partial charge in [-0.15, -0.1) is 0 Å². The maximum Gasteiger partial charge on any atom is 1.00 e. The van der Waals surface area contributed by atoms with Crippen molar-refractivity contribution >= 4 is 22.2 Å². The number of carbonyl (C=O) groups excluding carboxylic acids is 2. The molecule has 24 heteroatoms. The van der Waals surface area contributed by atoms with Crippen molar-refractivity contribution in [3.8, 4) is 0 Å². The van der Waals surface area contributed by atoms with E-state index in [-0.39, 0.29) is 41.9 Å². The summed E-state index contributed by atoms with van der Waals surface area (Å²) in [5.41, 5.74) is 0. The Kier molecular flexibility index (Phi) is 42.1. The van der Waals surface area contributed by atoms with Crippen LogP contribution in [0.25, 0.3) is 0 Å². The van der Waals surface area contributed by atoms with Gasteiger partial charge in [0.15, 0.2) is 18.9 Å². The van der Waals surface area contributed by atoms with Gasteiger partial charge in [-0.25, -0.2) is 8.42 Å². The standard InChI is InChI=1S/C58H110N2O20S.Na/c1-5-7-9-11-13-15-17-19-21-23-25-27-29-31-33-35-43(64)42(60-46(65)36-34-32-30-28-26-24-22-20-18-16-14-12-10-8-6-2)39-74-58-55(51(69)49(67)44(37-61)77-58)79-56-47(59-41(4)63)53(50(68)45(38-62)76-56)78-57-52(70)54(80-81(71,72)73)48(66)40(3)75-57;/h40,42-45,47-58,61-62,64,66-70H,5-39H2,1-4H3,(H,59,63)(H,60,65)(H,71,72,73);/q;+1/p-1/t40-,42-,43+,44+,45+,47+,48+,49+,50+,51-,52-,53+,54+,55-,56-,57-,58-;/m0./s1. The summed E-state index contributed by atoms with van der Waals surface area (Å²) in [6, 6.07) is -2.62. The quantitative estimate of drug-likeness (QED) is 0.0181. The minimum atomic E-state index is -5.49. The Hall–Kier alpha value is -0.750. The van der Waals surface area contributed by atoms with Crippen molar-refractivity contribution in [2.45, 2.75) is 337 Å². The van der Waals surface area contributed by atoms with Crippen LogP contribution in [0.1, 0.15) is 233 Å². The maximum absolute atomic E-state index is 13.6. The maximum atomic E-state index is 13.6. The van der Waals surface area contributed by atoms with Gasteiger partial charge in [0, 0.05) is 13.3 Å². The van der Waals surface area contributed by atoms with E-state index in [1.54, 1.807) is 0 Å². The SMILES string of the molecule is CCCCCCCCCCCCCCCCCC(=O)N[C@@H](CO[C@H]1O[C@H](CO)[C@@H](O)[C@H](O)[C@@H]1O[C@@H]1O[C@H](CO)[C@@H](O)[C@H](O[C@@H]2O[C@@H](C)[C@@H](O)[C@@H](OS(=O)(=O)[O-])[C@@H]2O)[C@H]1NC(C)=O)[C@H](O)CCCCCCCCCCCCCCCCC.[Na+]. The van der Waals surface area contributed by atoms with Crippen molar-refractivity contribution < 1.29 is 126 Å². The average molecular weight is 1210 g/mol. The molecule has 0 aliphatic carbocycles. The number of aliphatic hydroxyl groups excluding tert-OH is 8. The molecule has 0 saturated carbocycles. The molecule has 17 atom stereocenters. The topological polar surface area (TPSA) is 342 Å². The summed E-state index contributed by atoms with van der Waals surface area (Å²) in [5.74, 6) is -1.06. The van der Waals surface area contributed by atoms with Crippen molar-refractivity contribution in [1.29, 1.82) is 0 Å². The smallest absolute Gasteiger partial charge is 0.726 e. The monoisotopic (exact) mass is 1210 g/mol. The van der Waals surface area contributed by atoms with E-state index in [1.807, 2.05) is 0 Å². The molecule has 3 rings (SSSR count). The second kappa shape index (κ2) is 44.6. The molecule has 82 heavy (non-hydrogen) atoms. The van der Waals surface area contributed by atoms with Crippen LogP contribution in [0.4, 0.5) is 0 Å². The molecule has 3 fully saturated rings. The first-order valence-electron chi connectivity index (χ1n) is 31.3. The molecule has 0 radical (unpaired) electrons. The molecule has 3 aliphatic heterocycles. The molecule has 0 aromatic heterocycles. The zero-order chi connectivity index (χ0) is 59.6. The molecule has 3 saturated heterocycles. The number of rotatable bonds is 46. The van der Waals surface area contributed by atoms with Gasteiger partial charge in [-0.1, -0.05) is 200 Å². The molecule has 0 bridgehead atoms. The number of aliphatic hydroxyl groups is 8. The van der Waals surface area contributed by atoms with Gasteiger partial charge in [0.1, 0.15) is 67.1 Å². The van der Waals surface area contributed by atoms with Gasteiger partial charge in [0.25, 0.3) is 0 Å². The summed E-state index contributed by atoms with van der Waals surface area (Å²) < 4.78 is 74.9. The zero-order valence-corrected chi connectivity index (χ0v) is 53.3. The first-order valence-corrected chi connectivity index (χ1v) is 32.6. The number of hydrogen-bond acceptors (Lipinski definition) is 20. The van der Waals surface area contributed by atoms with E-state index >= 15 is 0 Å². The van der Waals surface area contributed by atoms with Crippen molar-refractivity contribution in [3.63, 3.8) is 0 Å². The van der Waals surface area contributed by atoms with Crippen molar-refractivity contribution in [1.82, 2.24) is 10.6 Å². The largest absolute Gasteiger partial charge is 1.00 e. The van der Waals surface area contributed by atoms with E-state index in [2.05, 4.69) is 28.7 Å². The van der Waals surface area contributed by atoms with Crippen LogP contribution in [0, 0.1) is 0 Å². The number of amides is 2. The van der Waals surface area contributed by atoms with E-state index in [0.717, 1.165) is 58.3 Å². The van der Waals surface area contributed by atoms with Gasteiger partial charge in [-0.05, 0) is 19.8 Å². The third-order valence-corrected chi connectivity index (χ3v) is 16.5. The molecule has 3 aliphatic rings. The first-order chi connectivity index (χ1) is 38.9. The van der Waals surface area contributed by atoms with Gasteiger partial charge in [-0.2, -0.15) is 0 Å². The predicted octanol–water partition coefficient (Wildman–Crippen LogP) is 2.48. The van der Waals surface area contributed by atoms with Crippen LogP contribution in [0.5, 0.6) is 0 Å². The zero-order valence-electron chi connectivity index (χ0n) is 50.4. The summed E-state index contributed by atoms with van der Waals surface area (Å²) in [5, 5.41) is 93.5. The van der Waals surface area contributed by atoms with Crippen LogP contribution < -0.4 is 40.2 Å². The number of nitrogens with one attached hydrogen (secondary N) is 2. The van der Waals surface area contributed by atoms with Crippen LogP contribution in [-0.4, -0.2) is 190 Å². The molecule has 2 amide bonds. The second-order valence-electron chi connectivity index (χ2n) is 23.0. The Bertz CT molecular complexity index is 1750. The Labute approximate surface area is 512 Å². The van der Waals surface area contributed by atoms with Gasteiger partial charge < -0.3 is 84.5 Å². The van der Waals surface area contributed by atoms with Crippen LogP contribution in [0.2, 0.25) is 0 Å². The summed E-state index contributed by atoms with van der Waals surface area (Å²) in [6.45, 7) is 4.71. The van der Waals surface area contributed by atoms with Crippen molar-refractivity contribution in [2.24, 2.45) is 0 Å². The average Bonchev–Trinajstić information content (AvgIpc) is 3.62. The van der Waals surface area contributed by atoms with E-state index in [4.69, 9.17) is 28.4 Å². The first kappa shape index (κ1) is 77.3. The Morgan fingerprint density at radius 1 is 0.549 bits per heavy atom. The number of hydrogen-bond donors (Lipinski definition) is 10. The number of ether oxygens (including phenoxy) is 6. The van der Waals surface area contributed by atoms with Crippen LogP contribution in [0.3, 0.4) is 0 Å². The predicted molar refractivity (Wildman–Crippen MR) is 301 cm³/mol. The Morgan fingerprint density at radius 2 is 0.976 bits per heavy atom. The van der Waals surface area contributed by atoms with Crippen LogP contribution in [-0.2, 0) is 52.6 Å². The van der Waals surface area contributed by atoms with E-state index < -0.39 is 140 Å². The Morgan fingerprint density at radius 3 is 1.43 bits per heavy atom. The van der Waals surface area contributed by atoms with Crippen molar-refractivity contribution in [2.75, 3.05) is 19.8 Å². The Balaban J connectivity index is 0.0000230. The molecule has 0 spiro atoms. The minimum absolute atomic E-state index is 0. The van der Waals surface area contributed by atoms with Gasteiger partial charge in [0.05, 0.1) is 38.1 Å². The summed E-state index contributed by atoms with van der Waals surface area (Å²) in [6.07, 6.45) is 9.69. The fraction of sp³-hybridized carbons (Fsp3) is 0.966. The number of carbonyl (C=O) groups is 2. The summed E-state index contributed by atoms with van der Waals surface area (Å²) in [7, 11) is -5.49. The van der Waals surface area contributed by atoms with Crippen molar-refractivity contribution in [3.05, 3.63) is 0 Å². The molecule has 22 nitrogen and oxygen atoms in total. The third-order valence-electron chi connectivity index (χ3n) is 16.0. The molecule has 0 aromatic carbocycles. The third kappa shape index (κ3) is 30.0. The molecule has 3 heterocycles. The fourth-order valence-electron chi connectivity index (χ4n) is 11.0. The van der Waals surface area contributed by atoms with Gasteiger partial charge in [0.2, 0.25) is 22.2 Å². The van der Waals surface area contributed by atoms with Gasteiger partial charge >= 0.3 is 29.6 Å². The molecular formula is C58H109N2NaO20S. The molecular weight excluding hydrogens is 1100 g/mol. The molecule has 10 N–H and O–H groups in total.